The number of para-hydroxylation sites is 2. The zero-order valence-corrected chi connectivity index (χ0v) is 22.8. The Kier molecular flexibility index (Phi) is 9.14. The first kappa shape index (κ1) is 27.6. The topological polar surface area (TPSA) is 98.6 Å². The molecule has 4 rings (SSSR count). The van der Waals surface area contributed by atoms with E-state index in [1.165, 1.54) is 0 Å². The predicted molar refractivity (Wildman–Crippen MR) is 149 cm³/mol. The van der Waals surface area contributed by atoms with Gasteiger partial charge in [0.2, 0.25) is 11.8 Å². The summed E-state index contributed by atoms with van der Waals surface area (Å²) in [6.07, 6.45) is 0.826. The van der Waals surface area contributed by atoms with Crippen LogP contribution in [0, 0.1) is 5.92 Å². The summed E-state index contributed by atoms with van der Waals surface area (Å²) in [7, 11) is 3.18. The standard InChI is InChI=1S/C30H35N5O4/c1-21(2)17-18-31-30(37)29(22-13-15-24(38-3)16-14-22)34(19-23-9-5-8-12-27(23)39-4)28(36)20-35-26-11-7-6-10-25(26)32-33-35/h5-16,21,29H,17-20H2,1-4H3,(H,31,37). The summed E-state index contributed by atoms with van der Waals surface area (Å²) < 4.78 is 12.5. The molecule has 0 radical (unpaired) electrons. The second-order valence-corrected chi connectivity index (χ2v) is 9.72. The fourth-order valence-corrected chi connectivity index (χ4v) is 4.43. The highest BCUT2D eigenvalue weighted by molar-refractivity contribution is 5.89. The highest BCUT2D eigenvalue weighted by atomic mass is 16.5. The SMILES string of the molecule is COc1ccc(C(C(=O)NCCC(C)C)N(Cc2ccccc2OC)C(=O)Cn2nnc3ccccc32)cc1. The van der Waals surface area contributed by atoms with Gasteiger partial charge in [0.05, 0.1) is 26.3 Å². The lowest BCUT2D eigenvalue weighted by Gasteiger charge is -2.32. The summed E-state index contributed by atoms with van der Waals surface area (Å²) in [4.78, 5) is 29.4. The average Bonchev–Trinajstić information content (AvgIpc) is 3.35. The molecule has 9 nitrogen and oxygen atoms in total. The van der Waals surface area contributed by atoms with Gasteiger partial charge in [-0.2, -0.15) is 0 Å². The summed E-state index contributed by atoms with van der Waals surface area (Å²) in [5, 5.41) is 11.4. The van der Waals surface area contributed by atoms with E-state index in [0.717, 1.165) is 17.5 Å². The molecule has 0 saturated carbocycles. The van der Waals surface area contributed by atoms with E-state index in [9.17, 15) is 9.59 Å². The average molecular weight is 530 g/mol. The van der Waals surface area contributed by atoms with E-state index in [1.807, 2.05) is 60.7 Å². The van der Waals surface area contributed by atoms with Crippen molar-refractivity contribution in [2.75, 3.05) is 20.8 Å². The van der Waals surface area contributed by atoms with Crippen LogP contribution in [-0.4, -0.2) is 52.5 Å². The molecule has 39 heavy (non-hydrogen) atoms. The number of rotatable bonds is 12. The number of aromatic nitrogens is 3. The Labute approximate surface area is 228 Å². The molecule has 0 aliphatic rings. The molecular formula is C30H35N5O4. The minimum absolute atomic E-state index is 0.0818. The third kappa shape index (κ3) is 6.73. The highest BCUT2D eigenvalue weighted by Crippen LogP contribution is 2.29. The van der Waals surface area contributed by atoms with Crippen LogP contribution in [0.1, 0.15) is 37.4 Å². The van der Waals surface area contributed by atoms with Crippen molar-refractivity contribution in [2.45, 2.75) is 39.4 Å². The zero-order chi connectivity index (χ0) is 27.8. The van der Waals surface area contributed by atoms with E-state index < -0.39 is 6.04 Å². The van der Waals surface area contributed by atoms with Crippen molar-refractivity contribution in [3.05, 3.63) is 83.9 Å². The summed E-state index contributed by atoms with van der Waals surface area (Å²) >= 11 is 0. The molecule has 0 aliphatic heterocycles. The lowest BCUT2D eigenvalue weighted by atomic mass is 10.0. The minimum Gasteiger partial charge on any atom is -0.497 e. The van der Waals surface area contributed by atoms with Crippen molar-refractivity contribution < 1.29 is 19.1 Å². The van der Waals surface area contributed by atoms with Gasteiger partial charge in [0.1, 0.15) is 29.6 Å². The van der Waals surface area contributed by atoms with Gasteiger partial charge in [-0.05, 0) is 48.2 Å². The summed E-state index contributed by atoms with van der Waals surface area (Å²) in [6.45, 7) is 4.79. The van der Waals surface area contributed by atoms with E-state index in [2.05, 4.69) is 29.5 Å². The second kappa shape index (κ2) is 12.9. The molecule has 3 aromatic carbocycles. The first-order valence-corrected chi connectivity index (χ1v) is 13.0. The molecule has 0 bridgehead atoms. The summed E-state index contributed by atoms with van der Waals surface area (Å²) in [6, 6.07) is 21.3. The third-order valence-electron chi connectivity index (χ3n) is 6.57. The maximum absolute atomic E-state index is 14.1. The number of ether oxygens (including phenoxy) is 2. The molecule has 0 aliphatic carbocycles. The van der Waals surface area contributed by atoms with E-state index in [1.54, 1.807) is 35.9 Å². The Morgan fingerprint density at radius 1 is 0.949 bits per heavy atom. The number of fused-ring (bicyclic) bond motifs is 1. The number of amides is 2. The number of methoxy groups -OCH3 is 2. The third-order valence-corrected chi connectivity index (χ3v) is 6.57. The Bertz CT molecular complexity index is 1400. The minimum atomic E-state index is -0.893. The van der Waals surface area contributed by atoms with Crippen LogP contribution in [0.2, 0.25) is 0 Å². The fourth-order valence-electron chi connectivity index (χ4n) is 4.43. The van der Waals surface area contributed by atoms with Crippen LogP contribution in [0.25, 0.3) is 11.0 Å². The van der Waals surface area contributed by atoms with Crippen molar-refractivity contribution in [1.82, 2.24) is 25.2 Å². The number of carbonyl (C=O) groups is 2. The number of benzene rings is 3. The van der Waals surface area contributed by atoms with Gasteiger partial charge in [0, 0.05) is 12.1 Å². The molecule has 0 saturated heterocycles. The number of carbonyl (C=O) groups excluding carboxylic acids is 2. The van der Waals surface area contributed by atoms with Crippen molar-refractivity contribution in [1.29, 1.82) is 0 Å². The first-order chi connectivity index (χ1) is 18.9. The van der Waals surface area contributed by atoms with Gasteiger partial charge in [-0.1, -0.05) is 61.5 Å². The van der Waals surface area contributed by atoms with Crippen molar-refractivity contribution in [3.63, 3.8) is 0 Å². The molecule has 1 N–H and O–H groups in total. The number of hydrogen-bond donors (Lipinski definition) is 1. The van der Waals surface area contributed by atoms with Crippen molar-refractivity contribution in [3.8, 4) is 11.5 Å². The normalized spacial score (nSPS) is 11.8. The van der Waals surface area contributed by atoms with Gasteiger partial charge in [0.25, 0.3) is 0 Å². The fraction of sp³-hybridized carbons (Fsp3) is 0.333. The molecule has 9 heteroatoms. The molecule has 4 aromatic rings. The van der Waals surface area contributed by atoms with Gasteiger partial charge < -0.3 is 19.7 Å². The molecule has 0 spiro atoms. The Morgan fingerprint density at radius 2 is 1.67 bits per heavy atom. The maximum atomic E-state index is 14.1. The van der Waals surface area contributed by atoms with Gasteiger partial charge in [-0.25, -0.2) is 4.68 Å². The maximum Gasteiger partial charge on any atom is 0.247 e. The largest absolute Gasteiger partial charge is 0.497 e. The molecule has 0 fully saturated rings. The van der Waals surface area contributed by atoms with Crippen LogP contribution in [0.5, 0.6) is 11.5 Å². The quantitative estimate of drug-likeness (QED) is 0.292. The van der Waals surface area contributed by atoms with Gasteiger partial charge in [0.15, 0.2) is 0 Å². The molecule has 1 aromatic heterocycles. The van der Waals surface area contributed by atoms with Gasteiger partial charge >= 0.3 is 0 Å². The van der Waals surface area contributed by atoms with Crippen LogP contribution in [0.3, 0.4) is 0 Å². The van der Waals surface area contributed by atoms with Crippen molar-refractivity contribution >= 4 is 22.8 Å². The van der Waals surface area contributed by atoms with Gasteiger partial charge in [-0.3, -0.25) is 9.59 Å². The van der Waals surface area contributed by atoms with E-state index >= 15 is 0 Å². The molecule has 204 valence electrons. The van der Waals surface area contributed by atoms with Crippen LogP contribution in [0.15, 0.2) is 72.8 Å². The highest BCUT2D eigenvalue weighted by Gasteiger charge is 2.32. The predicted octanol–water partition coefficient (Wildman–Crippen LogP) is 4.38. The van der Waals surface area contributed by atoms with Crippen LogP contribution < -0.4 is 14.8 Å². The van der Waals surface area contributed by atoms with Crippen LogP contribution in [0.4, 0.5) is 0 Å². The number of nitrogens with zero attached hydrogens (tertiary/aromatic N) is 4. The van der Waals surface area contributed by atoms with Crippen molar-refractivity contribution in [2.24, 2.45) is 5.92 Å². The van der Waals surface area contributed by atoms with Gasteiger partial charge in [-0.15, -0.1) is 5.10 Å². The van der Waals surface area contributed by atoms with E-state index in [0.29, 0.717) is 35.0 Å². The van der Waals surface area contributed by atoms with E-state index in [4.69, 9.17) is 9.47 Å². The molecule has 2 amide bonds. The Hall–Kier alpha value is -4.40. The zero-order valence-electron chi connectivity index (χ0n) is 22.8. The molecule has 1 atom stereocenters. The molecule has 1 heterocycles. The number of hydrogen-bond acceptors (Lipinski definition) is 6. The van der Waals surface area contributed by atoms with E-state index in [-0.39, 0.29) is 24.9 Å². The van der Waals surface area contributed by atoms with Crippen LogP contribution in [-0.2, 0) is 22.7 Å². The first-order valence-electron chi connectivity index (χ1n) is 13.0. The smallest absolute Gasteiger partial charge is 0.247 e. The molecule has 1 unspecified atom stereocenters. The Balaban J connectivity index is 1.75. The summed E-state index contributed by atoms with van der Waals surface area (Å²) in [5.74, 6) is 1.19. The number of nitrogens with one attached hydrogen (secondary N) is 1. The summed E-state index contributed by atoms with van der Waals surface area (Å²) in [5.41, 5.74) is 2.89. The monoisotopic (exact) mass is 529 g/mol. The second-order valence-electron chi connectivity index (χ2n) is 9.72. The lowest BCUT2D eigenvalue weighted by Crippen LogP contribution is -2.45. The van der Waals surface area contributed by atoms with Crippen LogP contribution >= 0.6 is 0 Å². The lowest BCUT2D eigenvalue weighted by molar-refractivity contribution is -0.142. The Morgan fingerprint density at radius 3 is 2.38 bits per heavy atom. The molecular weight excluding hydrogens is 494 g/mol.